The molecule has 0 unspecified atom stereocenters. The van der Waals surface area contributed by atoms with Crippen LogP contribution in [0, 0.1) is 0 Å². The highest BCUT2D eigenvalue weighted by Crippen LogP contribution is 2.30. The minimum absolute atomic E-state index is 0.760. The van der Waals surface area contributed by atoms with Gasteiger partial charge in [-0.1, -0.05) is 23.4 Å². The van der Waals surface area contributed by atoms with Gasteiger partial charge in [0.1, 0.15) is 0 Å². The smallest absolute Gasteiger partial charge is 0.0514 e. The van der Waals surface area contributed by atoms with Crippen molar-refractivity contribution in [1.29, 1.82) is 0 Å². The van der Waals surface area contributed by atoms with Gasteiger partial charge in [-0.15, -0.1) is 0 Å². The molecule has 4 heteroatoms. The molecule has 18 heavy (non-hydrogen) atoms. The lowest BCUT2D eigenvalue weighted by Crippen LogP contribution is -2.10. The topological polar surface area (TPSA) is 50.4 Å². The number of allylic oxidation sites excluding steroid dienone is 4. The Balaban J connectivity index is 4.54. The molecule has 0 rings (SSSR count). The summed E-state index contributed by atoms with van der Waals surface area (Å²) in [5.41, 5.74) is 8.11. The lowest BCUT2D eigenvalue weighted by molar-refractivity contribution is 0.804. The largest absolute Gasteiger partial charge is 0.398 e. The summed E-state index contributed by atoms with van der Waals surface area (Å²) < 4.78 is 0. The van der Waals surface area contributed by atoms with Crippen LogP contribution in [-0.2, 0) is 0 Å². The molecule has 0 aliphatic rings. The van der Waals surface area contributed by atoms with Gasteiger partial charge >= 0.3 is 0 Å². The maximum Gasteiger partial charge on any atom is 0.0514 e. The number of thioether (sulfide) groups is 1. The first-order chi connectivity index (χ1) is 8.52. The molecule has 102 valence electrons. The van der Waals surface area contributed by atoms with E-state index < -0.39 is 0 Å². The predicted octanol–water partition coefficient (Wildman–Crippen LogP) is 3.07. The molecule has 0 aromatic carbocycles. The van der Waals surface area contributed by atoms with Gasteiger partial charge in [0.2, 0.25) is 0 Å². The molecule has 0 aromatic heterocycles. The molecule has 0 fully saturated rings. The number of hydrogen-bond acceptors (Lipinski definition) is 4. The zero-order valence-electron chi connectivity index (χ0n) is 12.1. The second kappa shape index (κ2) is 9.97. The van der Waals surface area contributed by atoms with Gasteiger partial charge < -0.3 is 11.1 Å². The number of likely N-dealkylation sites (N-methyl/N-ethyl adjacent to an activating group) is 1. The van der Waals surface area contributed by atoms with Crippen LogP contribution in [-0.4, -0.2) is 26.4 Å². The summed E-state index contributed by atoms with van der Waals surface area (Å²) in [7, 11) is 1.91. The third kappa shape index (κ3) is 7.35. The van der Waals surface area contributed by atoms with Gasteiger partial charge in [0.25, 0.3) is 0 Å². The third-order valence-corrected chi connectivity index (χ3v) is 3.77. The Labute approximate surface area is 115 Å². The first-order valence-corrected chi connectivity index (χ1v) is 6.93. The number of nitrogens with one attached hydrogen (secondary N) is 1. The van der Waals surface area contributed by atoms with Crippen molar-refractivity contribution in [3.05, 3.63) is 33.2 Å². The van der Waals surface area contributed by atoms with Crippen molar-refractivity contribution < 1.29 is 0 Å². The maximum atomic E-state index is 6.03. The Morgan fingerprint density at radius 3 is 2.50 bits per heavy atom. The summed E-state index contributed by atoms with van der Waals surface area (Å²) in [6.07, 6.45) is 5.66. The van der Waals surface area contributed by atoms with Crippen LogP contribution in [0.5, 0.6) is 0 Å². The normalized spacial score (nSPS) is 13.2. The molecular weight excluding hydrogens is 242 g/mol. The highest BCUT2D eigenvalue weighted by molar-refractivity contribution is 8.06. The van der Waals surface area contributed by atoms with E-state index in [-0.39, 0.29) is 0 Å². The highest BCUT2D eigenvalue weighted by atomic mass is 32.2. The van der Waals surface area contributed by atoms with E-state index in [1.807, 2.05) is 26.1 Å². The van der Waals surface area contributed by atoms with E-state index in [4.69, 9.17) is 5.73 Å². The fraction of sp³-hybridized carbons (Fsp3) is 0.500. The van der Waals surface area contributed by atoms with Crippen LogP contribution in [0.3, 0.4) is 0 Å². The summed E-state index contributed by atoms with van der Waals surface area (Å²) in [5.74, 6) is 0. The van der Waals surface area contributed by atoms with E-state index in [9.17, 15) is 0 Å². The second-order valence-electron chi connectivity index (χ2n) is 4.09. The number of nitrogens with zero attached hydrogens (tertiary/aromatic N) is 1. The van der Waals surface area contributed by atoms with Gasteiger partial charge in [-0.2, -0.15) is 0 Å². The first-order valence-electron chi connectivity index (χ1n) is 6.11. The summed E-state index contributed by atoms with van der Waals surface area (Å²) >= 11 is 1.70. The fourth-order valence-corrected chi connectivity index (χ4v) is 1.86. The lowest BCUT2D eigenvalue weighted by atomic mass is 10.3. The van der Waals surface area contributed by atoms with Crippen molar-refractivity contribution in [1.82, 2.24) is 5.32 Å². The first kappa shape index (κ1) is 17.0. The Bertz CT molecular complexity index is 361. The van der Waals surface area contributed by atoms with Gasteiger partial charge in [0.05, 0.1) is 6.54 Å². The molecule has 0 atom stereocenters. The van der Waals surface area contributed by atoms with E-state index in [1.165, 1.54) is 10.5 Å². The Kier molecular flexibility index (Phi) is 9.42. The molecule has 0 bridgehead atoms. The Morgan fingerprint density at radius 2 is 2.00 bits per heavy atom. The Hall–Kier alpha value is -1.00. The van der Waals surface area contributed by atoms with Gasteiger partial charge in [-0.3, -0.25) is 4.99 Å². The van der Waals surface area contributed by atoms with Crippen molar-refractivity contribution >= 4 is 18.0 Å². The average molecular weight is 267 g/mol. The van der Waals surface area contributed by atoms with E-state index in [0.29, 0.717) is 0 Å². The van der Waals surface area contributed by atoms with Crippen molar-refractivity contribution in [2.45, 2.75) is 27.7 Å². The minimum Gasteiger partial charge on any atom is -0.398 e. The molecule has 0 radical (unpaired) electrons. The van der Waals surface area contributed by atoms with E-state index in [0.717, 1.165) is 23.7 Å². The predicted molar refractivity (Wildman–Crippen MR) is 85.0 cm³/mol. The maximum absolute atomic E-state index is 6.03. The van der Waals surface area contributed by atoms with Crippen LogP contribution in [0.4, 0.5) is 0 Å². The zero-order valence-corrected chi connectivity index (χ0v) is 12.9. The lowest BCUT2D eigenvalue weighted by Gasteiger charge is -2.08. The van der Waals surface area contributed by atoms with Crippen LogP contribution in [0.15, 0.2) is 38.2 Å². The average Bonchev–Trinajstić information content (AvgIpc) is 2.34. The fourth-order valence-electron chi connectivity index (χ4n) is 1.02. The molecule has 0 aliphatic heterocycles. The van der Waals surface area contributed by atoms with Gasteiger partial charge in [-0.25, -0.2) is 0 Å². The minimum atomic E-state index is 0.760. The van der Waals surface area contributed by atoms with Crippen LogP contribution in [0.25, 0.3) is 0 Å². The number of hydrogen-bond donors (Lipinski definition) is 2. The SMILES string of the molecule is C/C=C(/SC(C)=C(C)C)C(N)=CC=NCCNC. The summed E-state index contributed by atoms with van der Waals surface area (Å²) in [6.45, 7) is 9.97. The molecule has 3 nitrogen and oxygen atoms in total. The molecule has 0 saturated carbocycles. The van der Waals surface area contributed by atoms with Crippen LogP contribution in [0.1, 0.15) is 27.7 Å². The van der Waals surface area contributed by atoms with Crippen LogP contribution in [0.2, 0.25) is 0 Å². The molecular formula is C14H25N3S. The number of rotatable bonds is 7. The van der Waals surface area contributed by atoms with Crippen LogP contribution >= 0.6 is 11.8 Å². The number of aliphatic imine (C=N–C) groups is 1. The summed E-state index contributed by atoms with van der Waals surface area (Å²) in [4.78, 5) is 6.60. The van der Waals surface area contributed by atoms with E-state index in [2.05, 4.69) is 31.1 Å². The van der Waals surface area contributed by atoms with Crippen LogP contribution < -0.4 is 11.1 Å². The molecule has 0 aromatic rings. The quantitative estimate of drug-likeness (QED) is 0.423. The third-order valence-electron chi connectivity index (χ3n) is 2.36. The van der Waals surface area contributed by atoms with Gasteiger partial charge in [-0.05, 0) is 45.7 Å². The highest BCUT2D eigenvalue weighted by Gasteiger charge is 2.02. The number of nitrogens with two attached hydrogens (primary N) is 1. The van der Waals surface area contributed by atoms with Crippen molar-refractivity contribution in [3.8, 4) is 0 Å². The van der Waals surface area contributed by atoms with Crippen molar-refractivity contribution in [3.63, 3.8) is 0 Å². The summed E-state index contributed by atoms with van der Waals surface area (Å²) in [5, 5.41) is 3.04. The zero-order chi connectivity index (χ0) is 14.0. The summed E-state index contributed by atoms with van der Waals surface area (Å²) in [6, 6.07) is 0. The van der Waals surface area contributed by atoms with Gasteiger partial charge in [0, 0.05) is 23.4 Å². The molecule has 3 N–H and O–H groups in total. The van der Waals surface area contributed by atoms with Crippen molar-refractivity contribution in [2.75, 3.05) is 20.1 Å². The molecule has 0 saturated heterocycles. The molecule has 0 spiro atoms. The van der Waals surface area contributed by atoms with Crippen molar-refractivity contribution in [2.24, 2.45) is 10.7 Å². The molecule has 0 heterocycles. The standard InChI is InChI=1S/C14H25N3S/c1-6-14(18-12(4)11(2)3)13(15)7-8-17-10-9-16-5/h6-8,16H,9-10,15H2,1-5H3/b13-7?,14-6+,17-8?. The monoisotopic (exact) mass is 267 g/mol. The van der Waals surface area contributed by atoms with E-state index in [1.54, 1.807) is 18.0 Å². The molecule has 0 amide bonds. The Morgan fingerprint density at radius 1 is 1.33 bits per heavy atom. The second-order valence-corrected chi connectivity index (χ2v) is 5.35. The molecule has 0 aliphatic carbocycles. The van der Waals surface area contributed by atoms with E-state index >= 15 is 0 Å². The van der Waals surface area contributed by atoms with Gasteiger partial charge in [0.15, 0.2) is 0 Å².